The first kappa shape index (κ1) is 14.7. The molecular weight excluding hydrogens is 248 g/mol. The maximum absolute atomic E-state index is 12.3. The molecule has 4 heteroatoms. The second-order valence-electron chi connectivity index (χ2n) is 4.48. The second-order valence-corrected chi connectivity index (χ2v) is 6.40. The lowest BCUT2D eigenvalue weighted by Gasteiger charge is -2.10. The molecule has 0 radical (unpaired) electrons. The highest BCUT2D eigenvalue weighted by molar-refractivity contribution is 7.95. The minimum Gasteiger partial charge on any atom is -0.387 e. The van der Waals surface area contributed by atoms with Crippen LogP contribution in [0.15, 0.2) is 45.4 Å². The Labute approximate surface area is 108 Å². The predicted molar refractivity (Wildman–Crippen MR) is 71.9 cm³/mol. The van der Waals surface area contributed by atoms with Crippen molar-refractivity contribution in [3.05, 3.63) is 46.0 Å². The van der Waals surface area contributed by atoms with Gasteiger partial charge in [-0.15, -0.1) is 5.73 Å². The molecule has 1 aromatic rings. The number of aryl methyl sites for hydroxylation is 1. The lowest BCUT2D eigenvalue weighted by molar-refractivity contribution is 0.239. The zero-order valence-corrected chi connectivity index (χ0v) is 11.9. The highest BCUT2D eigenvalue weighted by Gasteiger charge is 2.24. The van der Waals surface area contributed by atoms with Crippen molar-refractivity contribution in [2.45, 2.75) is 38.7 Å². The molecule has 1 rings (SSSR count). The summed E-state index contributed by atoms with van der Waals surface area (Å²) in [5.74, 6) is 0. The van der Waals surface area contributed by atoms with Gasteiger partial charge in [-0.1, -0.05) is 17.7 Å². The zero-order chi connectivity index (χ0) is 13.9. The van der Waals surface area contributed by atoms with Gasteiger partial charge < -0.3 is 5.11 Å². The lowest BCUT2D eigenvalue weighted by Crippen LogP contribution is -2.15. The molecule has 1 N–H and O–H groups in total. The van der Waals surface area contributed by atoms with E-state index in [0.29, 0.717) is 5.57 Å². The quantitative estimate of drug-likeness (QED) is 0.856. The Kier molecular flexibility index (Phi) is 4.52. The van der Waals surface area contributed by atoms with Gasteiger partial charge in [0.05, 0.1) is 11.0 Å². The van der Waals surface area contributed by atoms with Crippen LogP contribution in [0, 0.1) is 6.92 Å². The van der Waals surface area contributed by atoms with Crippen LogP contribution in [0.3, 0.4) is 0 Å². The third kappa shape index (κ3) is 3.33. The van der Waals surface area contributed by atoms with Crippen LogP contribution in [0.5, 0.6) is 0 Å². The number of aliphatic hydroxyl groups is 1. The van der Waals surface area contributed by atoms with E-state index in [2.05, 4.69) is 5.73 Å². The lowest BCUT2D eigenvalue weighted by atomic mass is 10.2. The molecule has 98 valence electrons. The maximum Gasteiger partial charge on any atom is 0.212 e. The summed E-state index contributed by atoms with van der Waals surface area (Å²) >= 11 is 0. The molecule has 0 amide bonds. The molecule has 0 aliphatic heterocycles. The fourth-order valence-corrected chi connectivity index (χ4v) is 3.02. The third-order valence-corrected chi connectivity index (χ3v) is 4.29. The number of benzene rings is 1. The van der Waals surface area contributed by atoms with Crippen LogP contribution in [0.1, 0.15) is 26.3 Å². The maximum atomic E-state index is 12.3. The van der Waals surface area contributed by atoms with Gasteiger partial charge in [0.1, 0.15) is 4.91 Å². The molecule has 0 fully saturated rings. The molecule has 0 aromatic heterocycles. The predicted octanol–water partition coefficient (Wildman–Crippen LogP) is 2.60. The van der Waals surface area contributed by atoms with E-state index < -0.39 is 15.9 Å². The molecule has 0 heterocycles. The standard InChI is InChI=1S/C14H18O3S/c1-10(2)9-14(12(4)15)18(16,17)13-7-5-11(3)6-8-13/h5-8,12,15H,1-4H3. The Balaban J connectivity index is 3.46. The molecular formula is C14H18O3S. The molecule has 0 spiro atoms. The van der Waals surface area contributed by atoms with E-state index >= 15 is 0 Å². The van der Waals surface area contributed by atoms with Gasteiger partial charge in [-0.25, -0.2) is 8.42 Å². The summed E-state index contributed by atoms with van der Waals surface area (Å²) in [7, 11) is -3.68. The van der Waals surface area contributed by atoms with Gasteiger partial charge in [-0.05, 0) is 45.4 Å². The van der Waals surface area contributed by atoms with Crippen LogP contribution in [-0.2, 0) is 9.84 Å². The Morgan fingerprint density at radius 3 is 2.11 bits per heavy atom. The van der Waals surface area contributed by atoms with Gasteiger partial charge in [0.15, 0.2) is 0 Å². The number of sulfone groups is 1. The van der Waals surface area contributed by atoms with E-state index in [1.54, 1.807) is 38.1 Å². The first-order chi connectivity index (χ1) is 8.25. The van der Waals surface area contributed by atoms with Crippen molar-refractivity contribution in [3.63, 3.8) is 0 Å². The van der Waals surface area contributed by atoms with E-state index in [4.69, 9.17) is 0 Å². The van der Waals surface area contributed by atoms with E-state index in [9.17, 15) is 13.5 Å². The molecule has 0 aliphatic rings. The molecule has 1 atom stereocenters. The summed E-state index contributed by atoms with van der Waals surface area (Å²) in [6.45, 7) is 6.80. The van der Waals surface area contributed by atoms with E-state index in [1.165, 1.54) is 6.92 Å². The number of rotatable bonds is 3. The van der Waals surface area contributed by atoms with Crippen molar-refractivity contribution in [1.82, 2.24) is 0 Å². The van der Waals surface area contributed by atoms with Gasteiger partial charge in [-0.3, -0.25) is 0 Å². The summed E-state index contributed by atoms with van der Waals surface area (Å²) in [5, 5.41) is 9.62. The van der Waals surface area contributed by atoms with Crippen molar-refractivity contribution < 1.29 is 13.5 Å². The van der Waals surface area contributed by atoms with E-state index in [-0.39, 0.29) is 9.80 Å². The number of aliphatic hydroxyl groups excluding tert-OH is 1. The van der Waals surface area contributed by atoms with Crippen LogP contribution in [0.4, 0.5) is 0 Å². The monoisotopic (exact) mass is 266 g/mol. The van der Waals surface area contributed by atoms with Gasteiger partial charge in [0.2, 0.25) is 9.84 Å². The van der Waals surface area contributed by atoms with Crippen LogP contribution < -0.4 is 0 Å². The summed E-state index contributed by atoms with van der Waals surface area (Å²) in [6, 6.07) is 6.55. The SMILES string of the molecule is CC(C)=C=C(C(C)O)S(=O)(=O)c1ccc(C)cc1. The number of hydrogen-bond acceptors (Lipinski definition) is 3. The molecule has 0 saturated heterocycles. The van der Waals surface area contributed by atoms with Crippen LogP contribution >= 0.6 is 0 Å². The third-order valence-electron chi connectivity index (χ3n) is 2.37. The van der Waals surface area contributed by atoms with Crippen molar-refractivity contribution in [1.29, 1.82) is 0 Å². The first-order valence-electron chi connectivity index (χ1n) is 5.69. The van der Waals surface area contributed by atoms with E-state index in [0.717, 1.165) is 5.56 Å². The highest BCUT2D eigenvalue weighted by Crippen LogP contribution is 2.22. The zero-order valence-electron chi connectivity index (χ0n) is 11.1. The average Bonchev–Trinajstić information content (AvgIpc) is 2.25. The summed E-state index contributed by atoms with van der Waals surface area (Å²) in [4.78, 5) is 0.0871. The van der Waals surface area contributed by atoms with Crippen molar-refractivity contribution in [3.8, 4) is 0 Å². The fraction of sp³-hybridized carbons (Fsp3) is 0.357. The fourth-order valence-electron chi connectivity index (χ4n) is 1.49. The van der Waals surface area contributed by atoms with Crippen molar-refractivity contribution in [2.75, 3.05) is 0 Å². The molecule has 18 heavy (non-hydrogen) atoms. The average molecular weight is 266 g/mol. The van der Waals surface area contributed by atoms with Crippen LogP contribution in [-0.4, -0.2) is 19.6 Å². The minimum atomic E-state index is -3.68. The summed E-state index contributed by atoms with van der Waals surface area (Å²) < 4.78 is 24.7. The first-order valence-corrected chi connectivity index (χ1v) is 7.17. The van der Waals surface area contributed by atoms with Crippen LogP contribution in [0.25, 0.3) is 0 Å². The van der Waals surface area contributed by atoms with Crippen molar-refractivity contribution >= 4 is 9.84 Å². The molecule has 1 unspecified atom stereocenters. The van der Waals surface area contributed by atoms with Crippen molar-refractivity contribution in [2.24, 2.45) is 0 Å². The molecule has 0 aliphatic carbocycles. The second kappa shape index (κ2) is 5.53. The van der Waals surface area contributed by atoms with Gasteiger partial charge in [0.25, 0.3) is 0 Å². The number of hydrogen-bond donors (Lipinski definition) is 1. The summed E-state index contributed by atoms with van der Waals surface area (Å²) in [6.07, 6.45) is -1.08. The Morgan fingerprint density at radius 2 is 1.72 bits per heavy atom. The Morgan fingerprint density at radius 1 is 1.22 bits per heavy atom. The smallest absolute Gasteiger partial charge is 0.212 e. The van der Waals surface area contributed by atoms with Gasteiger partial charge in [-0.2, -0.15) is 0 Å². The topological polar surface area (TPSA) is 54.4 Å². The van der Waals surface area contributed by atoms with Crippen LogP contribution in [0.2, 0.25) is 0 Å². The Bertz CT molecular complexity index is 582. The van der Waals surface area contributed by atoms with Gasteiger partial charge in [0, 0.05) is 0 Å². The largest absolute Gasteiger partial charge is 0.387 e. The molecule has 0 saturated carbocycles. The normalized spacial score (nSPS) is 12.7. The molecule has 1 aromatic carbocycles. The summed E-state index contributed by atoms with van der Waals surface area (Å²) in [5.41, 5.74) is 4.42. The van der Waals surface area contributed by atoms with E-state index in [1.807, 2.05) is 6.92 Å². The Hall–Kier alpha value is -1.35. The molecule has 3 nitrogen and oxygen atoms in total. The highest BCUT2D eigenvalue weighted by atomic mass is 32.2. The van der Waals surface area contributed by atoms with Gasteiger partial charge >= 0.3 is 0 Å². The minimum absolute atomic E-state index is 0.0913. The molecule has 0 bridgehead atoms.